The molecule has 0 radical (unpaired) electrons. The monoisotopic (exact) mass is 252 g/mol. The topological polar surface area (TPSA) is 84.6 Å². The Morgan fingerprint density at radius 3 is 2.56 bits per heavy atom. The van der Waals surface area contributed by atoms with Crippen molar-refractivity contribution in [2.45, 2.75) is 32.4 Å². The molecule has 1 aromatic rings. The van der Waals surface area contributed by atoms with E-state index in [-0.39, 0.29) is 12.3 Å². The van der Waals surface area contributed by atoms with Gasteiger partial charge in [-0.15, -0.1) is 0 Å². The molecule has 1 unspecified atom stereocenters. The van der Waals surface area contributed by atoms with E-state index < -0.39 is 17.7 Å². The zero-order chi connectivity index (χ0) is 13.8. The Morgan fingerprint density at radius 2 is 2.06 bits per heavy atom. The predicted octanol–water partition coefficient (Wildman–Crippen LogP) is 1.92. The standard InChI is InChI=1S/C13H20N2O3/c1-13(2,3)18-12(17)15-10(8-14)9-6-4-5-7-11(9)16/h4-7,10,16H,8,14H2,1-3H3,(H,15,17). The molecular weight excluding hydrogens is 232 g/mol. The maximum absolute atomic E-state index is 11.6. The Labute approximate surface area is 107 Å². The zero-order valence-corrected chi connectivity index (χ0v) is 10.9. The number of carbonyl (C=O) groups excluding carboxylic acids is 1. The highest BCUT2D eigenvalue weighted by molar-refractivity contribution is 5.68. The number of phenolic OH excluding ortho intramolecular Hbond substituents is 1. The van der Waals surface area contributed by atoms with Crippen LogP contribution in [0.5, 0.6) is 5.75 Å². The molecule has 0 aliphatic carbocycles. The largest absolute Gasteiger partial charge is 0.508 e. The number of benzene rings is 1. The van der Waals surface area contributed by atoms with Gasteiger partial charge >= 0.3 is 6.09 Å². The number of ether oxygens (including phenoxy) is 1. The maximum Gasteiger partial charge on any atom is 0.408 e. The van der Waals surface area contributed by atoms with E-state index in [2.05, 4.69) is 5.32 Å². The number of alkyl carbamates (subject to hydrolysis) is 1. The van der Waals surface area contributed by atoms with Crippen molar-refractivity contribution in [1.82, 2.24) is 5.32 Å². The van der Waals surface area contributed by atoms with Gasteiger partial charge in [0.1, 0.15) is 11.4 Å². The van der Waals surface area contributed by atoms with Gasteiger partial charge in [0.05, 0.1) is 6.04 Å². The van der Waals surface area contributed by atoms with Crippen LogP contribution in [0.4, 0.5) is 4.79 Å². The molecule has 0 fully saturated rings. The molecule has 0 heterocycles. The van der Waals surface area contributed by atoms with E-state index in [1.807, 2.05) is 0 Å². The summed E-state index contributed by atoms with van der Waals surface area (Å²) in [5.74, 6) is 0.101. The fraction of sp³-hybridized carbons (Fsp3) is 0.462. The van der Waals surface area contributed by atoms with Crippen LogP contribution in [0.2, 0.25) is 0 Å². The van der Waals surface area contributed by atoms with Crippen LogP contribution in [0.15, 0.2) is 24.3 Å². The van der Waals surface area contributed by atoms with Gasteiger partial charge in [0.15, 0.2) is 0 Å². The van der Waals surface area contributed by atoms with Crippen LogP contribution in [0.3, 0.4) is 0 Å². The number of nitrogens with one attached hydrogen (secondary N) is 1. The van der Waals surface area contributed by atoms with E-state index in [9.17, 15) is 9.90 Å². The minimum Gasteiger partial charge on any atom is -0.508 e. The molecular formula is C13H20N2O3. The quantitative estimate of drug-likeness (QED) is 0.767. The fourth-order valence-corrected chi connectivity index (χ4v) is 1.50. The van der Waals surface area contributed by atoms with Gasteiger partial charge in [-0.2, -0.15) is 0 Å². The Balaban J connectivity index is 2.74. The minimum atomic E-state index is -0.567. The average Bonchev–Trinajstić information content (AvgIpc) is 2.24. The van der Waals surface area contributed by atoms with Crippen LogP contribution < -0.4 is 11.1 Å². The summed E-state index contributed by atoms with van der Waals surface area (Å²) < 4.78 is 5.14. The van der Waals surface area contributed by atoms with Crippen LogP contribution in [0.1, 0.15) is 32.4 Å². The van der Waals surface area contributed by atoms with Crippen LogP contribution in [0.25, 0.3) is 0 Å². The Hall–Kier alpha value is -1.75. The van der Waals surface area contributed by atoms with Gasteiger partial charge in [-0.05, 0) is 26.8 Å². The number of nitrogens with two attached hydrogens (primary N) is 1. The van der Waals surface area contributed by atoms with Crippen molar-refractivity contribution in [3.8, 4) is 5.75 Å². The van der Waals surface area contributed by atoms with Crippen molar-refractivity contribution in [2.75, 3.05) is 6.54 Å². The molecule has 0 bridgehead atoms. The number of rotatable bonds is 3. The second-order valence-electron chi connectivity index (χ2n) is 4.99. The number of hydrogen-bond acceptors (Lipinski definition) is 4. The SMILES string of the molecule is CC(C)(C)OC(=O)NC(CN)c1ccccc1O. The Bertz CT molecular complexity index is 413. The normalized spacial score (nSPS) is 12.9. The summed E-state index contributed by atoms with van der Waals surface area (Å²) in [5.41, 5.74) is 5.61. The van der Waals surface area contributed by atoms with Gasteiger partial charge in [0, 0.05) is 12.1 Å². The maximum atomic E-state index is 11.6. The second-order valence-corrected chi connectivity index (χ2v) is 4.99. The van der Waals surface area contributed by atoms with Gasteiger partial charge < -0.3 is 20.9 Å². The van der Waals surface area contributed by atoms with E-state index in [0.717, 1.165) is 0 Å². The second kappa shape index (κ2) is 5.73. The first-order valence-corrected chi connectivity index (χ1v) is 5.81. The smallest absolute Gasteiger partial charge is 0.408 e. The Morgan fingerprint density at radius 1 is 1.44 bits per heavy atom. The lowest BCUT2D eigenvalue weighted by molar-refractivity contribution is 0.0505. The summed E-state index contributed by atoms with van der Waals surface area (Å²) in [5, 5.41) is 12.3. The van der Waals surface area contributed by atoms with Crippen molar-refractivity contribution in [3.63, 3.8) is 0 Å². The fourth-order valence-electron chi connectivity index (χ4n) is 1.50. The van der Waals surface area contributed by atoms with Crippen molar-refractivity contribution in [1.29, 1.82) is 0 Å². The van der Waals surface area contributed by atoms with Crippen molar-refractivity contribution in [2.24, 2.45) is 5.73 Å². The predicted molar refractivity (Wildman–Crippen MR) is 69.3 cm³/mol. The van der Waals surface area contributed by atoms with E-state index in [1.165, 1.54) is 0 Å². The first-order chi connectivity index (χ1) is 8.33. The van der Waals surface area contributed by atoms with Crippen LogP contribution in [0, 0.1) is 0 Å². The van der Waals surface area contributed by atoms with Crippen LogP contribution >= 0.6 is 0 Å². The third-order valence-electron chi connectivity index (χ3n) is 2.24. The molecule has 1 aromatic carbocycles. The summed E-state index contributed by atoms with van der Waals surface area (Å²) in [6.07, 6.45) is -0.554. The third-order valence-corrected chi connectivity index (χ3v) is 2.24. The van der Waals surface area contributed by atoms with Crippen molar-refractivity contribution < 1.29 is 14.6 Å². The third kappa shape index (κ3) is 4.25. The van der Waals surface area contributed by atoms with Crippen LogP contribution in [-0.2, 0) is 4.74 Å². The molecule has 5 heteroatoms. The summed E-state index contributed by atoms with van der Waals surface area (Å²) in [4.78, 5) is 11.6. The molecule has 18 heavy (non-hydrogen) atoms. The Kier molecular flexibility index (Phi) is 4.55. The molecule has 5 nitrogen and oxygen atoms in total. The lowest BCUT2D eigenvalue weighted by Crippen LogP contribution is -2.37. The van der Waals surface area contributed by atoms with E-state index in [1.54, 1.807) is 45.0 Å². The van der Waals surface area contributed by atoms with Gasteiger partial charge in [0.2, 0.25) is 0 Å². The molecule has 1 rings (SSSR count). The molecule has 0 saturated carbocycles. The average molecular weight is 252 g/mol. The number of phenols is 1. The zero-order valence-electron chi connectivity index (χ0n) is 10.9. The lowest BCUT2D eigenvalue weighted by Gasteiger charge is -2.23. The molecule has 0 aliphatic rings. The van der Waals surface area contributed by atoms with Crippen LogP contribution in [-0.4, -0.2) is 23.3 Å². The molecule has 1 atom stereocenters. The van der Waals surface area contributed by atoms with Gasteiger partial charge in [-0.25, -0.2) is 4.79 Å². The van der Waals surface area contributed by atoms with Crippen molar-refractivity contribution >= 4 is 6.09 Å². The molecule has 1 amide bonds. The van der Waals surface area contributed by atoms with E-state index in [0.29, 0.717) is 5.56 Å². The first kappa shape index (κ1) is 14.3. The number of hydrogen-bond donors (Lipinski definition) is 3. The summed E-state index contributed by atoms with van der Waals surface area (Å²) in [6.45, 7) is 5.52. The summed E-state index contributed by atoms with van der Waals surface area (Å²) in [6, 6.07) is 6.27. The molecule has 0 spiro atoms. The number of amides is 1. The molecule has 100 valence electrons. The summed E-state index contributed by atoms with van der Waals surface area (Å²) in [7, 11) is 0. The molecule has 0 aliphatic heterocycles. The van der Waals surface area contributed by atoms with Gasteiger partial charge in [-0.3, -0.25) is 0 Å². The molecule has 0 aromatic heterocycles. The molecule has 4 N–H and O–H groups in total. The number of carbonyl (C=O) groups is 1. The van der Waals surface area contributed by atoms with Gasteiger partial charge in [-0.1, -0.05) is 18.2 Å². The highest BCUT2D eigenvalue weighted by Gasteiger charge is 2.21. The van der Waals surface area contributed by atoms with E-state index >= 15 is 0 Å². The molecule has 0 saturated heterocycles. The first-order valence-electron chi connectivity index (χ1n) is 5.81. The number of para-hydroxylation sites is 1. The summed E-state index contributed by atoms with van der Waals surface area (Å²) >= 11 is 0. The van der Waals surface area contributed by atoms with Gasteiger partial charge in [0.25, 0.3) is 0 Å². The highest BCUT2D eigenvalue weighted by atomic mass is 16.6. The minimum absolute atomic E-state index is 0.101. The lowest BCUT2D eigenvalue weighted by atomic mass is 10.1. The van der Waals surface area contributed by atoms with E-state index in [4.69, 9.17) is 10.5 Å². The van der Waals surface area contributed by atoms with Crippen molar-refractivity contribution in [3.05, 3.63) is 29.8 Å². The number of aromatic hydroxyl groups is 1. The highest BCUT2D eigenvalue weighted by Crippen LogP contribution is 2.23.